The zero-order chi connectivity index (χ0) is 13.4. The molecular formula is C18H16N2. The molecule has 1 aromatic heterocycles. The van der Waals surface area contributed by atoms with E-state index in [9.17, 15) is 0 Å². The summed E-state index contributed by atoms with van der Waals surface area (Å²) < 4.78 is 0. The molecule has 98 valence electrons. The highest BCUT2D eigenvalue weighted by Gasteiger charge is 2.21. The van der Waals surface area contributed by atoms with Crippen molar-refractivity contribution in [2.45, 2.75) is 18.9 Å². The maximum Gasteiger partial charge on any atom is 0.0704 e. The van der Waals surface area contributed by atoms with Crippen molar-refractivity contribution in [3.63, 3.8) is 0 Å². The second-order valence-corrected chi connectivity index (χ2v) is 5.31. The van der Waals surface area contributed by atoms with E-state index in [2.05, 4.69) is 64.9 Å². The largest absolute Gasteiger partial charge is 0.376 e. The molecule has 0 saturated carbocycles. The molecule has 0 fully saturated rings. The fraction of sp³-hybridized carbons (Fsp3) is 0.167. The summed E-state index contributed by atoms with van der Waals surface area (Å²) in [4.78, 5) is 4.64. The molecule has 0 amide bonds. The molecule has 4 rings (SSSR count). The van der Waals surface area contributed by atoms with E-state index in [1.807, 2.05) is 6.20 Å². The average Bonchev–Trinajstić information content (AvgIpc) is 2.54. The summed E-state index contributed by atoms with van der Waals surface area (Å²) in [6.07, 6.45) is 4.12. The van der Waals surface area contributed by atoms with Crippen LogP contribution in [0.5, 0.6) is 0 Å². The van der Waals surface area contributed by atoms with Gasteiger partial charge in [0, 0.05) is 17.3 Å². The maximum absolute atomic E-state index is 4.64. The van der Waals surface area contributed by atoms with E-state index in [4.69, 9.17) is 0 Å². The number of nitrogens with one attached hydrogen (secondary N) is 1. The van der Waals surface area contributed by atoms with Crippen molar-refractivity contribution in [3.05, 3.63) is 72.1 Å². The standard InChI is InChI=1S/C18H16N2/c1-3-7-15-13(5-1)11-12-19-18(15)17-10-9-14-6-2-4-8-16(14)20-17/h1-8,11-12,17,20H,9-10H2. The van der Waals surface area contributed by atoms with Gasteiger partial charge in [-0.15, -0.1) is 0 Å². The van der Waals surface area contributed by atoms with Crippen LogP contribution < -0.4 is 5.32 Å². The highest BCUT2D eigenvalue weighted by Crippen LogP contribution is 2.34. The average molecular weight is 260 g/mol. The van der Waals surface area contributed by atoms with Crippen LogP contribution in [0.2, 0.25) is 0 Å². The molecule has 0 aliphatic carbocycles. The number of hydrogen-bond donors (Lipinski definition) is 1. The lowest BCUT2D eigenvalue weighted by molar-refractivity contribution is 0.656. The highest BCUT2D eigenvalue weighted by molar-refractivity contribution is 5.85. The van der Waals surface area contributed by atoms with Crippen LogP contribution in [0.3, 0.4) is 0 Å². The van der Waals surface area contributed by atoms with Crippen LogP contribution in [0.25, 0.3) is 10.8 Å². The molecule has 0 saturated heterocycles. The minimum absolute atomic E-state index is 0.302. The quantitative estimate of drug-likeness (QED) is 0.704. The van der Waals surface area contributed by atoms with Crippen molar-refractivity contribution in [1.29, 1.82) is 0 Å². The summed E-state index contributed by atoms with van der Waals surface area (Å²) in [6.45, 7) is 0. The topological polar surface area (TPSA) is 24.9 Å². The predicted octanol–water partition coefficient (Wildman–Crippen LogP) is 4.33. The smallest absolute Gasteiger partial charge is 0.0704 e. The second kappa shape index (κ2) is 4.64. The normalized spacial score (nSPS) is 17.5. The van der Waals surface area contributed by atoms with Crippen molar-refractivity contribution < 1.29 is 0 Å². The molecule has 2 nitrogen and oxygen atoms in total. The van der Waals surface area contributed by atoms with Gasteiger partial charge >= 0.3 is 0 Å². The van der Waals surface area contributed by atoms with E-state index in [0.717, 1.165) is 18.5 Å². The van der Waals surface area contributed by atoms with Gasteiger partial charge < -0.3 is 5.32 Å². The minimum Gasteiger partial charge on any atom is -0.376 e. The molecule has 0 bridgehead atoms. The van der Waals surface area contributed by atoms with Gasteiger partial charge in [-0.25, -0.2) is 0 Å². The number of fused-ring (bicyclic) bond motifs is 2. The van der Waals surface area contributed by atoms with Crippen LogP contribution in [-0.2, 0) is 6.42 Å². The Hall–Kier alpha value is -2.35. The number of anilines is 1. The van der Waals surface area contributed by atoms with Crippen LogP contribution in [-0.4, -0.2) is 4.98 Å². The fourth-order valence-electron chi connectivity index (χ4n) is 3.06. The van der Waals surface area contributed by atoms with Crippen molar-refractivity contribution in [1.82, 2.24) is 4.98 Å². The third-order valence-electron chi connectivity index (χ3n) is 4.08. The maximum atomic E-state index is 4.64. The number of rotatable bonds is 1. The van der Waals surface area contributed by atoms with Gasteiger partial charge in [-0.05, 0) is 35.9 Å². The van der Waals surface area contributed by atoms with Crippen molar-refractivity contribution >= 4 is 16.5 Å². The molecule has 2 heterocycles. The molecular weight excluding hydrogens is 244 g/mol. The SMILES string of the molecule is c1ccc2c(c1)CCC(c1nccc3ccccc13)N2. The highest BCUT2D eigenvalue weighted by atomic mass is 15.0. The number of hydrogen-bond acceptors (Lipinski definition) is 2. The lowest BCUT2D eigenvalue weighted by Crippen LogP contribution is -2.19. The molecule has 2 heteroatoms. The summed E-state index contributed by atoms with van der Waals surface area (Å²) >= 11 is 0. The van der Waals surface area contributed by atoms with E-state index in [1.54, 1.807) is 0 Å². The van der Waals surface area contributed by atoms with E-state index >= 15 is 0 Å². The van der Waals surface area contributed by atoms with Crippen LogP contribution in [0.15, 0.2) is 60.8 Å². The van der Waals surface area contributed by atoms with Gasteiger partial charge in [0.25, 0.3) is 0 Å². The Morgan fingerprint density at radius 3 is 2.80 bits per heavy atom. The first-order valence-corrected chi connectivity index (χ1v) is 7.10. The van der Waals surface area contributed by atoms with E-state index in [-0.39, 0.29) is 0 Å². The summed E-state index contributed by atoms with van der Waals surface area (Å²) in [7, 11) is 0. The van der Waals surface area contributed by atoms with Crippen LogP contribution in [0, 0.1) is 0 Å². The van der Waals surface area contributed by atoms with Crippen molar-refractivity contribution in [2.24, 2.45) is 0 Å². The molecule has 2 aromatic carbocycles. The fourth-order valence-corrected chi connectivity index (χ4v) is 3.06. The van der Waals surface area contributed by atoms with Crippen molar-refractivity contribution in [2.75, 3.05) is 5.32 Å². The van der Waals surface area contributed by atoms with Gasteiger partial charge in [0.05, 0.1) is 11.7 Å². The van der Waals surface area contributed by atoms with Gasteiger partial charge in [0.2, 0.25) is 0 Å². The minimum atomic E-state index is 0.302. The molecule has 20 heavy (non-hydrogen) atoms. The number of pyridine rings is 1. The molecule has 1 aliphatic heterocycles. The Labute approximate surface area is 118 Å². The van der Waals surface area contributed by atoms with Crippen molar-refractivity contribution in [3.8, 4) is 0 Å². The number of aryl methyl sites for hydroxylation is 1. The Balaban J connectivity index is 1.78. The Morgan fingerprint density at radius 1 is 0.950 bits per heavy atom. The monoisotopic (exact) mass is 260 g/mol. The third-order valence-corrected chi connectivity index (χ3v) is 4.08. The number of aromatic nitrogens is 1. The number of nitrogens with zero attached hydrogens (tertiary/aromatic N) is 1. The van der Waals surface area contributed by atoms with E-state index < -0.39 is 0 Å². The molecule has 1 aliphatic rings. The zero-order valence-electron chi connectivity index (χ0n) is 11.2. The zero-order valence-corrected chi connectivity index (χ0v) is 11.2. The first-order chi connectivity index (χ1) is 9.92. The first kappa shape index (κ1) is 11.5. The summed E-state index contributed by atoms with van der Waals surface area (Å²) in [5.74, 6) is 0. The van der Waals surface area contributed by atoms with Crippen LogP contribution in [0.4, 0.5) is 5.69 Å². The van der Waals surface area contributed by atoms with Crippen LogP contribution >= 0.6 is 0 Å². The van der Waals surface area contributed by atoms with Gasteiger partial charge in [-0.2, -0.15) is 0 Å². The second-order valence-electron chi connectivity index (χ2n) is 5.31. The molecule has 0 radical (unpaired) electrons. The molecule has 1 unspecified atom stereocenters. The van der Waals surface area contributed by atoms with Gasteiger partial charge in [0.1, 0.15) is 0 Å². The third kappa shape index (κ3) is 1.85. The lowest BCUT2D eigenvalue weighted by Gasteiger charge is -2.27. The number of benzene rings is 2. The van der Waals surface area contributed by atoms with Gasteiger partial charge in [-0.3, -0.25) is 4.98 Å². The van der Waals surface area contributed by atoms with Gasteiger partial charge in [0.15, 0.2) is 0 Å². The molecule has 3 aromatic rings. The Bertz CT molecular complexity index is 759. The van der Waals surface area contributed by atoms with E-state index in [0.29, 0.717) is 6.04 Å². The Kier molecular flexibility index (Phi) is 2.66. The summed E-state index contributed by atoms with van der Waals surface area (Å²) in [6, 6.07) is 19.4. The molecule has 0 spiro atoms. The first-order valence-electron chi connectivity index (χ1n) is 7.10. The molecule has 1 N–H and O–H groups in total. The Morgan fingerprint density at radius 2 is 1.80 bits per heavy atom. The lowest BCUT2D eigenvalue weighted by atomic mass is 9.94. The van der Waals surface area contributed by atoms with Crippen LogP contribution in [0.1, 0.15) is 23.7 Å². The number of para-hydroxylation sites is 1. The van der Waals surface area contributed by atoms with Gasteiger partial charge in [-0.1, -0.05) is 42.5 Å². The van der Waals surface area contributed by atoms with E-state index in [1.165, 1.54) is 22.0 Å². The predicted molar refractivity (Wildman–Crippen MR) is 82.9 cm³/mol. The summed E-state index contributed by atoms with van der Waals surface area (Å²) in [5.41, 5.74) is 3.82. The summed E-state index contributed by atoms with van der Waals surface area (Å²) in [5, 5.41) is 6.16. The molecule has 1 atom stereocenters.